The summed E-state index contributed by atoms with van der Waals surface area (Å²) in [6.07, 6.45) is 6.18. The predicted molar refractivity (Wildman–Crippen MR) is 73.5 cm³/mol. The molecule has 0 spiro atoms. The topological polar surface area (TPSA) is 64.5 Å². The van der Waals surface area contributed by atoms with Gasteiger partial charge in [0.2, 0.25) is 5.91 Å². The maximum atomic E-state index is 11.7. The third kappa shape index (κ3) is 3.90. The summed E-state index contributed by atoms with van der Waals surface area (Å²) in [6.45, 7) is 3.60. The van der Waals surface area contributed by atoms with Crippen molar-refractivity contribution in [1.29, 1.82) is 0 Å². The van der Waals surface area contributed by atoms with Crippen LogP contribution in [0.2, 0.25) is 0 Å². The Morgan fingerprint density at radius 3 is 2.55 bits per heavy atom. The Hall–Kier alpha value is -1.69. The van der Waals surface area contributed by atoms with Crippen molar-refractivity contribution in [3.05, 3.63) is 18.0 Å². The molecule has 0 bridgehead atoms. The summed E-state index contributed by atoms with van der Waals surface area (Å²) in [5.41, 5.74) is 1.09. The molecule has 0 atom stereocenters. The second kappa shape index (κ2) is 7.19. The number of aromatic nitrogens is 2. The first-order valence-corrected chi connectivity index (χ1v) is 6.97. The Morgan fingerprint density at radius 1 is 1.35 bits per heavy atom. The molecule has 2 heterocycles. The van der Waals surface area contributed by atoms with E-state index in [2.05, 4.69) is 16.9 Å². The second-order valence-electron chi connectivity index (χ2n) is 4.86. The molecular formula is C14H21N3O3. The molecule has 0 unspecified atom stereocenters. The molecule has 1 aliphatic rings. The van der Waals surface area contributed by atoms with Crippen LogP contribution >= 0.6 is 0 Å². The minimum atomic E-state index is 0.0366. The molecule has 6 nitrogen and oxygen atoms in total. The van der Waals surface area contributed by atoms with E-state index in [1.807, 2.05) is 4.90 Å². The molecule has 110 valence electrons. The summed E-state index contributed by atoms with van der Waals surface area (Å²) in [5, 5.41) is 0. The Kier molecular flexibility index (Phi) is 5.29. The van der Waals surface area contributed by atoms with Gasteiger partial charge in [0.15, 0.2) is 0 Å². The summed E-state index contributed by atoms with van der Waals surface area (Å²) < 4.78 is 10.6. The van der Waals surface area contributed by atoms with Gasteiger partial charge in [0.25, 0.3) is 0 Å². The Balaban J connectivity index is 1.80. The minimum absolute atomic E-state index is 0.0366. The Labute approximate surface area is 119 Å². The highest BCUT2D eigenvalue weighted by atomic mass is 16.5. The SMILES string of the molecule is CCc1cnc(OC2CCN(C(=O)COC)CC2)nc1. The number of carbonyl (C=O) groups excluding carboxylic acids is 1. The van der Waals surface area contributed by atoms with Gasteiger partial charge in [-0.3, -0.25) is 4.79 Å². The first-order valence-electron chi connectivity index (χ1n) is 6.97. The van der Waals surface area contributed by atoms with E-state index < -0.39 is 0 Å². The molecule has 0 saturated carbocycles. The van der Waals surface area contributed by atoms with Crippen molar-refractivity contribution in [2.24, 2.45) is 0 Å². The van der Waals surface area contributed by atoms with Crippen LogP contribution in [0.1, 0.15) is 25.3 Å². The van der Waals surface area contributed by atoms with Gasteiger partial charge in [0.05, 0.1) is 0 Å². The van der Waals surface area contributed by atoms with Gasteiger partial charge in [-0.2, -0.15) is 0 Å². The number of hydrogen-bond acceptors (Lipinski definition) is 5. The molecule has 1 amide bonds. The first-order chi connectivity index (χ1) is 9.72. The summed E-state index contributed by atoms with van der Waals surface area (Å²) in [5.74, 6) is 0.0366. The zero-order valence-corrected chi connectivity index (χ0v) is 12.0. The van der Waals surface area contributed by atoms with Crippen LogP contribution in [0, 0.1) is 0 Å². The molecule has 0 radical (unpaired) electrons. The quantitative estimate of drug-likeness (QED) is 0.806. The number of hydrogen-bond donors (Lipinski definition) is 0. The number of rotatable bonds is 5. The molecule has 1 saturated heterocycles. The van der Waals surface area contributed by atoms with Gasteiger partial charge in [0, 0.05) is 45.4 Å². The fourth-order valence-corrected chi connectivity index (χ4v) is 2.17. The highest BCUT2D eigenvalue weighted by Crippen LogP contribution is 2.16. The second-order valence-corrected chi connectivity index (χ2v) is 4.86. The van der Waals surface area contributed by atoms with Crippen LogP contribution in [-0.4, -0.2) is 53.7 Å². The Bertz CT molecular complexity index is 428. The number of carbonyl (C=O) groups is 1. The van der Waals surface area contributed by atoms with Crippen LogP contribution in [0.15, 0.2) is 12.4 Å². The van der Waals surface area contributed by atoms with Crippen molar-refractivity contribution in [2.45, 2.75) is 32.3 Å². The van der Waals surface area contributed by atoms with E-state index in [-0.39, 0.29) is 18.6 Å². The van der Waals surface area contributed by atoms with Crippen LogP contribution in [0.3, 0.4) is 0 Å². The predicted octanol–water partition coefficient (Wildman–Crippen LogP) is 1.06. The zero-order chi connectivity index (χ0) is 14.4. The van der Waals surface area contributed by atoms with Gasteiger partial charge in [-0.25, -0.2) is 9.97 Å². The van der Waals surface area contributed by atoms with Crippen molar-refractivity contribution in [3.8, 4) is 6.01 Å². The van der Waals surface area contributed by atoms with E-state index in [1.165, 1.54) is 7.11 Å². The lowest BCUT2D eigenvalue weighted by Crippen LogP contribution is -2.43. The largest absolute Gasteiger partial charge is 0.460 e. The maximum Gasteiger partial charge on any atom is 0.316 e. The summed E-state index contributed by atoms with van der Waals surface area (Å²) in [4.78, 5) is 21.9. The molecule has 2 rings (SSSR count). The monoisotopic (exact) mass is 279 g/mol. The molecule has 1 fully saturated rings. The van der Waals surface area contributed by atoms with Gasteiger partial charge in [-0.1, -0.05) is 6.92 Å². The molecule has 1 aromatic rings. The summed E-state index contributed by atoms with van der Waals surface area (Å²) >= 11 is 0. The van der Waals surface area contributed by atoms with Crippen molar-refractivity contribution in [3.63, 3.8) is 0 Å². The number of amides is 1. The lowest BCUT2D eigenvalue weighted by molar-refractivity contribution is -0.136. The molecule has 1 aromatic heterocycles. The van der Waals surface area contributed by atoms with Gasteiger partial charge in [-0.15, -0.1) is 0 Å². The van der Waals surface area contributed by atoms with E-state index in [0.29, 0.717) is 19.1 Å². The van der Waals surface area contributed by atoms with E-state index in [9.17, 15) is 4.79 Å². The molecule has 20 heavy (non-hydrogen) atoms. The smallest absolute Gasteiger partial charge is 0.316 e. The van der Waals surface area contributed by atoms with E-state index in [4.69, 9.17) is 9.47 Å². The van der Waals surface area contributed by atoms with Gasteiger partial charge in [0.1, 0.15) is 12.7 Å². The van der Waals surface area contributed by atoms with Crippen molar-refractivity contribution in [1.82, 2.24) is 14.9 Å². The number of likely N-dealkylation sites (tertiary alicyclic amines) is 1. The lowest BCUT2D eigenvalue weighted by atomic mass is 10.1. The minimum Gasteiger partial charge on any atom is -0.460 e. The zero-order valence-electron chi connectivity index (χ0n) is 12.0. The molecule has 0 aliphatic carbocycles. The Morgan fingerprint density at radius 2 is 2.00 bits per heavy atom. The van der Waals surface area contributed by atoms with Crippen molar-refractivity contribution >= 4 is 5.91 Å². The fraction of sp³-hybridized carbons (Fsp3) is 0.643. The average Bonchev–Trinajstić information content (AvgIpc) is 2.49. The van der Waals surface area contributed by atoms with Crippen molar-refractivity contribution < 1.29 is 14.3 Å². The molecule has 0 aromatic carbocycles. The normalized spacial score (nSPS) is 16.2. The van der Waals surface area contributed by atoms with Gasteiger partial charge in [-0.05, 0) is 12.0 Å². The van der Waals surface area contributed by atoms with E-state index in [0.717, 1.165) is 24.8 Å². The lowest BCUT2D eigenvalue weighted by Gasteiger charge is -2.31. The van der Waals surface area contributed by atoms with E-state index in [1.54, 1.807) is 12.4 Å². The summed E-state index contributed by atoms with van der Waals surface area (Å²) in [7, 11) is 1.53. The number of methoxy groups -OCH3 is 1. The average molecular weight is 279 g/mol. The highest BCUT2D eigenvalue weighted by molar-refractivity contribution is 5.77. The van der Waals surface area contributed by atoms with Crippen LogP contribution in [0.4, 0.5) is 0 Å². The van der Waals surface area contributed by atoms with Crippen molar-refractivity contribution in [2.75, 3.05) is 26.8 Å². The van der Waals surface area contributed by atoms with Crippen LogP contribution < -0.4 is 4.74 Å². The number of aryl methyl sites for hydroxylation is 1. The third-order valence-electron chi connectivity index (χ3n) is 3.42. The van der Waals surface area contributed by atoms with E-state index >= 15 is 0 Å². The van der Waals surface area contributed by atoms with Crippen LogP contribution in [0.5, 0.6) is 6.01 Å². The first kappa shape index (κ1) is 14.7. The van der Waals surface area contributed by atoms with Crippen LogP contribution in [0.25, 0.3) is 0 Å². The van der Waals surface area contributed by atoms with Gasteiger partial charge < -0.3 is 14.4 Å². The fourth-order valence-electron chi connectivity index (χ4n) is 2.17. The van der Waals surface area contributed by atoms with Crippen LogP contribution in [-0.2, 0) is 16.0 Å². The number of nitrogens with zero attached hydrogens (tertiary/aromatic N) is 3. The standard InChI is InChI=1S/C14H21N3O3/c1-3-11-8-15-14(16-9-11)20-12-4-6-17(7-5-12)13(18)10-19-2/h8-9,12H,3-7,10H2,1-2H3. The number of piperidine rings is 1. The molecule has 0 N–H and O–H groups in total. The third-order valence-corrected chi connectivity index (χ3v) is 3.42. The highest BCUT2D eigenvalue weighted by Gasteiger charge is 2.24. The molecular weight excluding hydrogens is 258 g/mol. The maximum absolute atomic E-state index is 11.7. The summed E-state index contributed by atoms with van der Waals surface area (Å²) in [6, 6.07) is 0.420. The molecule has 1 aliphatic heterocycles. The molecule has 6 heteroatoms. The van der Waals surface area contributed by atoms with Gasteiger partial charge >= 0.3 is 6.01 Å². The number of ether oxygens (including phenoxy) is 2.